The zero-order chi connectivity index (χ0) is 14.1. The number of fused-ring (bicyclic) bond motifs is 1. The van der Waals surface area contributed by atoms with E-state index in [1.807, 2.05) is 24.3 Å². The Bertz CT molecular complexity index is 767. The summed E-state index contributed by atoms with van der Waals surface area (Å²) in [6.45, 7) is 2.11. The molecule has 3 aromatic rings. The Morgan fingerprint density at radius 1 is 1.25 bits per heavy atom. The van der Waals surface area contributed by atoms with E-state index in [1.54, 1.807) is 6.26 Å². The SMILES string of the molecule is CCCc1nc(-c2coc3ccccc23)nc(N)c1Br. The maximum absolute atomic E-state index is 5.97. The molecule has 0 saturated heterocycles. The van der Waals surface area contributed by atoms with Crippen molar-refractivity contribution in [2.75, 3.05) is 5.73 Å². The number of hydrogen-bond donors (Lipinski definition) is 1. The first-order valence-electron chi connectivity index (χ1n) is 6.49. The first kappa shape index (κ1) is 13.1. The molecule has 0 radical (unpaired) electrons. The van der Waals surface area contributed by atoms with E-state index in [4.69, 9.17) is 10.2 Å². The summed E-state index contributed by atoms with van der Waals surface area (Å²) in [5.41, 5.74) is 8.60. The lowest BCUT2D eigenvalue weighted by atomic mass is 10.1. The summed E-state index contributed by atoms with van der Waals surface area (Å²) in [5.74, 6) is 1.07. The predicted octanol–water partition coefficient (Wildman–Crippen LogP) is 4.19. The van der Waals surface area contributed by atoms with E-state index in [2.05, 4.69) is 32.8 Å². The van der Waals surface area contributed by atoms with Crippen LogP contribution in [0, 0.1) is 0 Å². The minimum atomic E-state index is 0.462. The van der Waals surface area contributed by atoms with Crippen molar-refractivity contribution >= 4 is 32.7 Å². The molecule has 0 atom stereocenters. The minimum absolute atomic E-state index is 0.462. The summed E-state index contributed by atoms with van der Waals surface area (Å²) < 4.78 is 6.33. The quantitative estimate of drug-likeness (QED) is 0.781. The number of rotatable bonds is 3. The number of nitrogens with two attached hydrogens (primary N) is 1. The van der Waals surface area contributed by atoms with Crippen LogP contribution in [-0.2, 0) is 6.42 Å². The Morgan fingerprint density at radius 2 is 2.05 bits per heavy atom. The third-order valence-corrected chi connectivity index (χ3v) is 4.02. The van der Waals surface area contributed by atoms with Gasteiger partial charge in [0, 0.05) is 5.39 Å². The first-order valence-corrected chi connectivity index (χ1v) is 7.28. The van der Waals surface area contributed by atoms with Gasteiger partial charge in [-0.25, -0.2) is 9.97 Å². The van der Waals surface area contributed by atoms with Gasteiger partial charge in [-0.3, -0.25) is 0 Å². The van der Waals surface area contributed by atoms with Gasteiger partial charge in [-0.05, 0) is 28.4 Å². The van der Waals surface area contributed by atoms with Gasteiger partial charge in [0.05, 0.1) is 15.7 Å². The maximum atomic E-state index is 5.97. The van der Waals surface area contributed by atoms with Gasteiger partial charge >= 0.3 is 0 Å². The fraction of sp³-hybridized carbons (Fsp3) is 0.200. The van der Waals surface area contributed by atoms with E-state index < -0.39 is 0 Å². The van der Waals surface area contributed by atoms with Crippen LogP contribution in [0.3, 0.4) is 0 Å². The van der Waals surface area contributed by atoms with Crippen LogP contribution in [0.25, 0.3) is 22.4 Å². The molecular formula is C15H14BrN3O. The highest BCUT2D eigenvalue weighted by molar-refractivity contribution is 9.10. The summed E-state index contributed by atoms with van der Waals surface area (Å²) in [5, 5.41) is 0.997. The Hall–Kier alpha value is -1.88. The summed E-state index contributed by atoms with van der Waals surface area (Å²) in [4.78, 5) is 8.99. The molecule has 4 nitrogen and oxygen atoms in total. The second-order valence-corrected chi connectivity index (χ2v) is 5.38. The van der Waals surface area contributed by atoms with E-state index in [0.717, 1.165) is 39.5 Å². The Labute approximate surface area is 125 Å². The lowest BCUT2D eigenvalue weighted by Crippen LogP contribution is -2.02. The number of hydrogen-bond acceptors (Lipinski definition) is 4. The van der Waals surface area contributed by atoms with Crippen LogP contribution >= 0.6 is 15.9 Å². The molecule has 5 heteroatoms. The van der Waals surface area contributed by atoms with Crippen molar-refractivity contribution in [1.82, 2.24) is 9.97 Å². The average Bonchev–Trinajstić information content (AvgIpc) is 2.88. The number of para-hydroxylation sites is 1. The molecule has 0 unspecified atom stereocenters. The molecule has 20 heavy (non-hydrogen) atoms. The zero-order valence-corrected chi connectivity index (χ0v) is 12.6. The molecule has 2 heterocycles. The van der Waals surface area contributed by atoms with Gasteiger partial charge in [-0.2, -0.15) is 0 Å². The molecule has 102 valence electrons. The van der Waals surface area contributed by atoms with Crippen molar-refractivity contribution in [2.45, 2.75) is 19.8 Å². The van der Waals surface area contributed by atoms with Gasteiger partial charge in [-0.15, -0.1) is 0 Å². The van der Waals surface area contributed by atoms with Gasteiger partial charge in [0.25, 0.3) is 0 Å². The second kappa shape index (κ2) is 5.25. The van der Waals surface area contributed by atoms with Crippen LogP contribution in [-0.4, -0.2) is 9.97 Å². The van der Waals surface area contributed by atoms with Crippen molar-refractivity contribution in [3.63, 3.8) is 0 Å². The fourth-order valence-electron chi connectivity index (χ4n) is 2.19. The van der Waals surface area contributed by atoms with Crippen LogP contribution in [0.2, 0.25) is 0 Å². The van der Waals surface area contributed by atoms with Crippen LogP contribution < -0.4 is 5.73 Å². The van der Waals surface area contributed by atoms with Crippen LogP contribution in [0.4, 0.5) is 5.82 Å². The number of furan rings is 1. The van der Waals surface area contributed by atoms with Crippen molar-refractivity contribution in [2.24, 2.45) is 0 Å². The molecule has 0 aliphatic carbocycles. The van der Waals surface area contributed by atoms with Crippen molar-refractivity contribution in [3.05, 3.63) is 40.7 Å². The smallest absolute Gasteiger partial charge is 0.165 e. The maximum Gasteiger partial charge on any atom is 0.165 e. The van der Waals surface area contributed by atoms with Crippen molar-refractivity contribution in [1.29, 1.82) is 0 Å². The highest BCUT2D eigenvalue weighted by Crippen LogP contribution is 2.31. The van der Waals surface area contributed by atoms with Gasteiger partial charge in [0.2, 0.25) is 0 Å². The zero-order valence-electron chi connectivity index (χ0n) is 11.1. The summed E-state index contributed by atoms with van der Waals surface area (Å²) in [6, 6.07) is 7.83. The molecule has 1 aromatic carbocycles. The highest BCUT2D eigenvalue weighted by atomic mass is 79.9. The number of anilines is 1. The Morgan fingerprint density at radius 3 is 2.85 bits per heavy atom. The van der Waals surface area contributed by atoms with Gasteiger partial charge < -0.3 is 10.2 Å². The second-order valence-electron chi connectivity index (χ2n) is 4.59. The predicted molar refractivity (Wildman–Crippen MR) is 83.3 cm³/mol. The summed E-state index contributed by atoms with van der Waals surface area (Å²) >= 11 is 3.45. The number of aryl methyl sites for hydroxylation is 1. The molecule has 3 rings (SSSR count). The van der Waals surface area contributed by atoms with Crippen LogP contribution in [0.5, 0.6) is 0 Å². The molecule has 0 fully saturated rings. The minimum Gasteiger partial charge on any atom is -0.464 e. The molecule has 0 saturated carbocycles. The van der Waals surface area contributed by atoms with Gasteiger partial charge in [0.15, 0.2) is 5.82 Å². The number of nitrogens with zero attached hydrogens (tertiary/aromatic N) is 2. The van der Waals surface area contributed by atoms with E-state index in [0.29, 0.717) is 11.6 Å². The number of aromatic nitrogens is 2. The molecule has 0 spiro atoms. The van der Waals surface area contributed by atoms with Crippen molar-refractivity contribution < 1.29 is 4.42 Å². The largest absolute Gasteiger partial charge is 0.464 e. The normalized spacial score (nSPS) is 11.1. The molecular weight excluding hydrogens is 318 g/mol. The number of nitrogen functional groups attached to an aromatic ring is 1. The molecule has 2 aromatic heterocycles. The first-order chi connectivity index (χ1) is 9.70. The number of benzene rings is 1. The molecule has 0 bridgehead atoms. The van der Waals surface area contributed by atoms with Crippen LogP contribution in [0.15, 0.2) is 39.4 Å². The molecule has 2 N–H and O–H groups in total. The lowest BCUT2D eigenvalue weighted by molar-refractivity contribution is 0.616. The average molecular weight is 332 g/mol. The summed E-state index contributed by atoms with van der Waals surface area (Å²) in [7, 11) is 0. The highest BCUT2D eigenvalue weighted by Gasteiger charge is 2.14. The van der Waals surface area contributed by atoms with Gasteiger partial charge in [0.1, 0.15) is 17.7 Å². The topological polar surface area (TPSA) is 64.9 Å². The molecule has 0 aliphatic heterocycles. The van der Waals surface area contributed by atoms with E-state index in [1.165, 1.54) is 0 Å². The fourth-order valence-corrected chi connectivity index (χ4v) is 2.56. The van der Waals surface area contributed by atoms with E-state index >= 15 is 0 Å². The van der Waals surface area contributed by atoms with Gasteiger partial charge in [-0.1, -0.05) is 31.5 Å². The monoisotopic (exact) mass is 331 g/mol. The standard InChI is InChI=1S/C15H14BrN3O/c1-2-5-11-13(16)14(17)19-15(18-11)10-8-20-12-7-4-3-6-9(10)12/h3-4,6-8H,2,5H2,1H3,(H2,17,18,19). The summed E-state index contributed by atoms with van der Waals surface area (Å²) in [6.07, 6.45) is 3.54. The van der Waals surface area contributed by atoms with E-state index in [-0.39, 0.29) is 0 Å². The molecule has 0 aliphatic rings. The third kappa shape index (κ3) is 2.18. The van der Waals surface area contributed by atoms with Crippen molar-refractivity contribution in [3.8, 4) is 11.4 Å². The lowest BCUT2D eigenvalue weighted by Gasteiger charge is -2.07. The van der Waals surface area contributed by atoms with E-state index in [9.17, 15) is 0 Å². The number of halogens is 1. The third-order valence-electron chi connectivity index (χ3n) is 3.15. The Balaban J connectivity index is 2.19. The van der Waals surface area contributed by atoms with Crippen LogP contribution in [0.1, 0.15) is 19.0 Å². The molecule has 0 amide bonds. The Kier molecular flexibility index (Phi) is 3.44.